The molecule has 0 aliphatic carbocycles. The molecule has 1 aromatic carbocycles. The number of carbonyl (C=O) groups excluding carboxylic acids is 1. The van der Waals surface area contributed by atoms with Crippen LogP contribution in [0.15, 0.2) is 18.2 Å². The summed E-state index contributed by atoms with van der Waals surface area (Å²) in [4.78, 5) is 22.6. The molecule has 5 nitrogen and oxygen atoms in total. The number of carboxylic acid groups (broad SMARTS) is 1. The molecular weight excluding hydrogens is 304 g/mol. The van der Waals surface area contributed by atoms with E-state index in [9.17, 15) is 9.59 Å². The van der Waals surface area contributed by atoms with Gasteiger partial charge in [0.05, 0.1) is 11.1 Å². The van der Waals surface area contributed by atoms with Gasteiger partial charge in [-0.3, -0.25) is 0 Å². The summed E-state index contributed by atoms with van der Waals surface area (Å²) < 4.78 is 2.92. The number of carbonyl (C=O) groups is 2. The standard InChI is InChI=1S/C10H8Cl3NO4/c11-10(12,13)4-18-9(17)5-2-1-3-6(14)7(5)8(15)16/h1-3H,4,14H2,(H,15,16). The Kier molecular flexibility index (Phi) is 4.67. The molecule has 1 aromatic rings. The molecule has 98 valence electrons. The van der Waals surface area contributed by atoms with Crippen molar-refractivity contribution < 1.29 is 19.4 Å². The summed E-state index contributed by atoms with van der Waals surface area (Å²) in [7, 11) is 0. The Labute approximate surface area is 117 Å². The first kappa shape index (κ1) is 14.9. The number of carboxylic acids is 1. The molecule has 0 fully saturated rings. The molecule has 0 saturated carbocycles. The topological polar surface area (TPSA) is 89.6 Å². The van der Waals surface area contributed by atoms with Crippen LogP contribution in [0.2, 0.25) is 0 Å². The SMILES string of the molecule is Nc1cccc(C(=O)OCC(Cl)(Cl)Cl)c1C(=O)O. The maximum atomic E-state index is 11.7. The van der Waals surface area contributed by atoms with Crippen LogP contribution in [0.1, 0.15) is 20.7 Å². The zero-order valence-electron chi connectivity index (χ0n) is 8.82. The van der Waals surface area contributed by atoms with Crippen LogP contribution < -0.4 is 5.73 Å². The molecule has 0 unspecified atom stereocenters. The van der Waals surface area contributed by atoms with Gasteiger partial charge in [0.15, 0.2) is 0 Å². The summed E-state index contributed by atoms with van der Waals surface area (Å²) in [5.41, 5.74) is 4.89. The number of halogens is 3. The molecule has 0 atom stereocenters. The number of hydrogen-bond donors (Lipinski definition) is 2. The Hall–Kier alpha value is -1.17. The minimum atomic E-state index is -1.76. The Bertz CT molecular complexity index is 485. The molecule has 8 heteroatoms. The first-order valence-corrected chi connectivity index (χ1v) is 5.71. The fraction of sp³-hybridized carbons (Fsp3) is 0.200. The van der Waals surface area contributed by atoms with E-state index in [4.69, 9.17) is 45.6 Å². The third kappa shape index (κ3) is 3.94. The summed E-state index contributed by atoms with van der Waals surface area (Å²) in [6, 6.07) is 4.05. The predicted octanol–water partition coefficient (Wildman–Crippen LogP) is 2.49. The van der Waals surface area contributed by atoms with Crippen LogP contribution in [0, 0.1) is 0 Å². The van der Waals surface area contributed by atoms with Crippen LogP contribution in [0.25, 0.3) is 0 Å². The minimum absolute atomic E-state index is 0.0502. The highest BCUT2D eigenvalue weighted by atomic mass is 35.6. The first-order chi connectivity index (χ1) is 8.22. The highest BCUT2D eigenvalue weighted by Gasteiger charge is 2.25. The van der Waals surface area contributed by atoms with Crippen LogP contribution in [-0.2, 0) is 4.74 Å². The molecule has 1 rings (SSSR count). The van der Waals surface area contributed by atoms with Gasteiger partial charge in [-0.1, -0.05) is 40.9 Å². The fourth-order valence-electron chi connectivity index (χ4n) is 1.20. The van der Waals surface area contributed by atoms with Gasteiger partial charge in [0.25, 0.3) is 0 Å². The van der Waals surface area contributed by atoms with Crippen molar-refractivity contribution in [1.82, 2.24) is 0 Å². The number of esters is 1. The van der Waals surface area contributed by atoms with E-state index in [1.54, 1.807) is 0 Å². The summed E-state index contributed by atoms with van der Waals surface area (Å²) in [5.74, 6) is -2.26. The zero-order valence-corrected chi connectivity index (χ0v) is 11.1. The van der Waals surface area contributed by atoms with E-state index in [1.807, 2.05) is 0 Å². The van der Waals surface area contributed by atoms with E-state index in [-0.39, 0.29) is 16.8 Å². The molecule has 0 radical (unpaired) electrons. The Morgan fingerprint density at radius 3 is 2.44 bits per heavy atom. The summed E-state index contributed by atoms with van der Waals surface area (Å²) in [5, 5.41) is 8.96. The Balaban J connectivity index is 3.00. The lowest BCUT2D eigenvalue weighted by atomic mass is 10.1. The van der Waals surface area contributed by atoms with Gasteiger partial charge in [-0.25, -0.2) is 9.59 Å². The van der Waals surface area contributed by atoms with Crippen molar-refractivity contribution >= 4 is 52.4 Å². The Morgan fingerprint density at radius 1 is 1.33 bits per heavy atom. The number of nitrogen functional groups attached to an aromatic ring is 1. The number of rotatable bonds is 3. The van der Waals surface area contributed by atoms with Crippen molar-refractivity contribution in [1.29, 1.82) is 0 Å². The van der Waals surface area contributed by atoms with Gasteiger partial charge < -0.3 is 15.6 Å². The van der Waals surface area contributed by atoms with Crippen LogP contribution >= 0.6 is 34.8 Å². The molecule has 0 aromatic heterocycles. The second kappa shape index (κ2) is 5.65. The average molecular weight is 313 g/mol. The highest BCUT2D eigenvalue weighted by molar-refractivity contribution is 6.67. The average Bonchev–Trinajstić information content (AvgIpc) is 2.24. The second-order valence-corrected chi connectivity index (χ2v) is 5.78. The number of anilines is 1. The number of alkyl halides is 3. The van der Waals surface area contributed by atoms with Crippen molar-refractivity contribution in [3.8, 4) is 0 Å². The van der Waals surface area contributed by atoms with Crippen molar-refractivity contribution in [2.45, 2.75) is 3.79 Å². The molecule has 18 heavy (non-hydrogen) atoms. The highest BCUT2D eigenvalue weighted by Crippen LogP contribution is 2.27. The normalized spacial score (nSPS) is 11.1. The summed E-state index contributed by atoms with van der Waals surface area (Å²) >= 11 is 16.2. The maximum Gasteiger partial charge on any atom is 0.339 e. The number of ether oxygens (including phenoxy) is 1. The van der Waals surface area contributed by atoms with Gasteiger partial charge in [0.2, 0.25) is 3.79 Å². The maximum absolute atomic E-state index is 11.7. The van der Waals surface area contributed by atoms with Gasteiger partial charge in [-0.05, 0) is 12.1 Å². The van der Waals surface area contributed by atoms with Gasteiger partial charge in [0, 0.05) is 5.69 Å². The van der Waals surface area contributed by atoms with Gasteiger partial charge >= 0.3 is 11.9 Å². The van der Waals surface area contributed by atoms with Crippen LogP contribution in [0.4, 0.5) is 5.69 Å². The fourth-order valence-corrected chi connectivity index (χ4v) is 1.37. The van der Waals surface area contributed by atoms with Crippen molar-refractivity contribution in [3.63, 3.8) is 0 Å². The predicted molar refractivity (Wildman–Crippen MR) is 68.4 cm³/mol. The molecule has 0 bridgehead atoms. The largest absolute Gasteiger partial charge is 0.478 e. The van der Waals surface area contributed by atoms with Crippen LogP contribution in [0.3, 0.4) is 0 Å². The Morgan fingerprint density at radius 2 is 1.94 bits per heavy atom. The summed E-state index contributed by atoms with van der Waals surface area (Å²) in [6.07, 6.45) is 0. The van der Waals surface area contributed by atoms with Crippen LogP contribution in [-0.4, -0.2) is 27.4 Å². The summed E-state index contributed by atoms with van der Waals surface area (Å²) in [6.45, 7) is -0.496. The smallest absolute Gasteiger partial charge is 0.339 e. The lowest BCUT2D eigenvalue weighted by Gasteiger charge is -2.12. The monoisotopic (exact) mass is 311 g/mol. The van der Waals surface area contributed by atoms with E-state index in [0.717, 1.165) is 0 Å². The van der Waals surface area contributed by atoms with Crippen molar-refractivity contribution in [2.75, 3.05) is 12.3 Å². The molecule has 0 aliphatic rings. The molecule has 0 aliphatic heterocycles. The van der Waals surface area contributed by atoms with E-state index in [1.165, 1.54) is 18.2 Å². The first-order valence-electron chi connectivity index (χ1n) is 4.58. The number of nitrogens with two attached hydrogens (primary N) is 1. The van der Waals surface area contributed by atoms with E-state index < -0.39 is 22.3 Å². The van der Waals surface area contributed by atoms with Gasteiger partial charge in [0.1, 0.15) is 6.61 Å². The van der Waals surface area contributed by atoms with E-state index in [0.29, 0.717) is 0 Å². The third-order valence-electron chi connectivity index (χ3n) is 1.90. The lowest BCUT2D eigenvalue weighted by Crippen LogP contribution is -2.19. The quantitative estimate of drug-likeness (QED) is 0.508. The molecular formula is C10H8Cl3NO4. The number of aromatic carboxylic acids is 1. The molecule has 0 spiro atoms. The van der Waals surface area contributed by atoms with Gasteiger partial charge in [-0.15, -0.1) is 0 Å². The second-order valence-electron chi connectivity index (χ2n) is 3.27. The zero-order chi connectivity index (χ0) is 13.9. The molecule has 3 N–H and O–H groups in total. The van der Waals surface area contributed by atoms with Gasteiger partial charge in [-0.2, -0.15) is 0 Å². The van der Waals surface area contributed by atoms with E-state index in [2.05, 4.69) is 4.74 Å². The molecule has 0 heterocycles. The minimum Gasteiger partial charge on any atom is -0.478 e. The number of hydrogen-bond acceptors (Lipinski definition) is 4. The molecule has 0 saturated heterocycles. The lowest BCUT2D eigenvalue weighted by molar-refractivity contribution is 0.0501. The third-order valence-corrected chi connectivity index (χ3v) is 2.22. The van der Waals surface area contributed by atoms with E-state index >= 15 is 0 Å². The van der Waals surface area contributed by atoms with Crippen LogP contribution in [0.5, 0.6) is 0 Å². The number of benzene rings is 1. The molecule has 0 amide bonds. The van der Waals surface area contributed by atoms with Crippen molar-refractivity contribution in [2.24, 2.45) is 0 Å². The van der Waals surface area contributed by atoms with Crippen molar-refractivity contribution in [3.05, 3.63) is 29.3 Å².